The largest absolute Gasteiger partial charge is 0.382 e. The molecule has 0 saturated carbocycles. The zero-order valence-electron chi connectivity index (χ0n) is 12.9. The van der Waals surface area contributed by atoms with Gasteiger partial charge in [0.2, 0.25) is 0 Å². The average Bonchev–Trinajstić information content (AvgIpc) is 2.91. The van der Waals surface area contributed by atoms with E-state index in [4.69, 9.17) is 9.47 Å². The second-order valence-electron chi connectivity index (χ2n) is 6.36. The smallest absolute Gasteiger partial charge is 0.256 e. The van der Waals surface area contributed by atoms with Gasteiger partial charge in [-0.3, -0.25) is 4.79 Å². The third-order valence-electron chi connectivity index (χ3n) is 4.85. The fraction of sp³-hybridized carbons (Fsp3) is 0.588. The highest BCUT2D eigenvalue weighted by Crippen LogP contribution is 2.42. The predicted octanol–water partition coefficient (Wildman–Crippen LogP) is 2.48. The molecule has 1 unspecified atom stereocenters. The van der Waals surface area contributed by atoms with Crippen LogP contribution in [0.3, 0.4) is 0 Å². The van der Waals surface area contributed by atoms with Crippen LogP contribution in [0.4, 0.5) is 4.39 Å². The Morgan fingerprint density at radius 1 is 1.41 bits per heavy atom. The lowest BCUT2D eigenvalue weighted by Gasteiger charge is -2.38. The number of likely N-dealkylation sites (tertiary alicyclic amines) is 1. The molecular weight excluding hydrogens is 285 g/mol. The lowest BCUT2D eigenvalue weighted by molar-refractivity contribution is 0.0280. The molecule has 1 spiro atoms. The summed E-state index contributed by atoms with van der Waals surface area (Å²) in [4.78, 5) is 14.2. The molecule has 2 aliphatic rings. The second-order valence-corrected chi connectivity index (χ2v) is 6.36. The first kappa shape index (κ1) is 15.4. The van der Waals surface area contributed by atoms with E-state index >= 15 is 0 Å². The van der Waals surface area contributed by atoms with Crippen molar-refractivity contribution in [1.29, 1.82) is 0 Å². The molecule has 4 nitrogen and oxygen atoms in total. The van der Waals surface area contributed by atoms with Crippen molar-refractivity contribution in [3.63, 3.8) is 0 Å². The Morgan fingerprint density at radius 2 is 2.14 bits per heavy atom. The topological polar surface area (TPSA) is 38.8 Å². The van der Waals surface area contributed by atoms with Crippen molar-refractivity contribution in [2.75, 3.05) is 33.4 Å². The summed E-state index contributed by atoms with van der Waals surface area (Å²) in [5.74, 6) is -0.655. The van der Waals surface area contributed by atoms with E-state index in [0.717, 1.165) is 25.9 Å². The summed E-state index contributed by atoms with van der Waals surface area (Å²) in [5, 5.41) is 0. The van der Waals surface area contributed by atoms with E-state index in [1.54, 1.807) is 30.2 Å². The molecule has 2 heterocycles. The van der Waals surface area contributed by atoms with Crippen LogP contribution in [0.5, 0.6) is 0 Å². The van der Waals surface area contributed by atoms with Gasteiger partial charge in [0.25, 0.3) is 5.91 Å². The molecule has 2 aliphatic heterocycles. The molecule has 0 aliphatic carbocycles. The fourth-order valence-electron chi connectivity index (χ4n) is 3.53. The summed E-state index contributed by atoms with van der Waals surface area (Å²) < 4.78 is 24.7. The summed E-state index contributed by atoms with van der Waals surface area (Å²) >= 11 is 0. The number of halogens is 1. The van der Waals surface area contributed by atoms with E-state index < -0.39 is 5.82 Å². The van der Waals surface area contributed by atoms with Gasteiger partial charge in [0.05, 0.1) is 24.9 Å². The molecule has 1 amide bonds. The molecule has 5 heteroatoms. The van der Waals surface area contributed by atoms with Crippen molar-refractivity contribution < 1.29 is 18.7 Å². The standard InChI is InChI=1S/C17H22FNO3/c1-21-11-13-10-17(12-22-13)6-8-19(9-7-17)16(20)14-4-2-3-5-15(14)18/h2-5,13H,6-12H2,1H3. The third kappa shape index (κ3) is 3.01. The van der Waals surface area contributed by atoms with Gasteiger partial charge in [0.1, 0.15) is 5.82 Å². The van der Waals surface area contributed by atoms with Gasteiger partial charge in [-0.1, -0.05) is 12.1 Å². The maximum absolute atomic E-state index is 13.7. The van der Waals surface area contributed by atoms with E-state index in [1.165, 1.54) is 6.07 Å². The molecule has 2 saturated heterocycles. The lowest BCUT2D eigenvalue weighted by Crippen LogP contribution is -2.43. The Morgan fingerprint density at radius 3 is 2.82 bits per heavy atom. The molecular formula is C17H22FNO3. The number of benzene rings is 1. The summed E-state index contributed by atoms with van der Waals surface area (Å²) in [7, 11) is 1.68. The number of hydrogen-bond donors (Lipinski definition) is 0. The Labute approximate surface area is 130 Å². The van der Waals surface area contributed by atoms with Gasteiger partial charge in [-0.25, -0.2) is 4.39 Å². The summed E-state index contributed by atoms with van der Waals surface area (Å²) in [6.07, 6.45) is 2.97. The highest BCUT2D eigenvalue weighted by molar-refractivity contribution is 5.94. The third-order valence-corrected chi connectivity index (χ3v) is 4.85. The maximum Gasteiger partial charge on any atom is 0.256 e. The van der Waals surface area contributed by atoms with Gasteiger partial charge in [-0.15, -0.1) is 0 Å². The summed E-state index contributed by atoms with van der Waals surface area (Å²) in [5.41, 5.74) is 0.327. The van der Waals surface area contributed by atoms with Gasteiger partial charge in [-0.2, -0.15) is 0 Å². The van der Waals surface area contributed by atoms with E-state index in [0.29, 0.717) is 19.7 Å². The van der Waals surface area contributed by atoms with Crippen LogP contribution in [0.15, 0.2) is 24.3 Å². The van der Waals surface area contributed by atoms with E-state index in [1.807, 2.05) is 0 Å². The van der Waals surface area contributed by atoms with Gasteiger partial charge in [0, 0.05) is 20.2 Å². The van der Waals surface area contributed by atoms with Crippen LogP contribution >= 0.6 is 0 Å². The number of nitrogens with zero attached hydrogens (tertiary/aromatic N) is 1. The van der Waals surface area contributed by atoms with E-state index in [-0.39, 0.29) is 23.0 Å². The normalized spacial score (nSPS) is 23.9. The van der Waals surface area contributed by atoms with Gasteiger partial charge >= 0.3 is 0 Å². The molecule has 0 aromatic heterocycles. The number of amides is 1. The first-order valence-corrected chi connectivity index (χ1v) is 7.78. The fourth-order valence-corrected chi connectivity index (χ4v) is 3.53. The molecule has 2 fully saturated rings. The number of methoxy groups -OCH3 is 1. The lowest BCUT2D eigenvalue weighted by atomic mass is 9.76. The Balaban J connectivity index is 1.60. The first-order valence-electron chi connectivity index (χ1n) is 7.78. The van der Waals surface area contributed by atoms with Gasteiger partial charge in [-0.05, 0) is 36.8 Å². The highest BCUT2D eigenvalue weighted by atomic mass is 19.1. The highest BCUT2D eigenvalue weighted by Gasteiger charge is 2.43. The van der Waals surface area contributed by atoms with Crippen LogP contribution in [-0.4, -0.2) is 50.3 Å². The molecule has 1 aromatic carbocycles. The number of carbonyl (C=O) groups is 1. The van der Waals surface area contributed by atoms with Crippen LogP contribution in [0.2, 0.25) is 0 Å². The molecule has 1 atom stereocenters. The summed E-state index contributed by atoms with van der Waals surface area (Å²) in [6.45, 7) is 2.69. The molecule has 0 radical (unpaired) electrons. The Bertz CT molecular complexity index is 540. The van der Waals surface area contributed by atoms with Crippen molar-refractivity contribution in [2.24, 2.45) is 5.41 Å². The second kappa shape index (κ2) is 6.34. The zero-order chi connectivity index (χ0) is 15.6. The number of rotatable bonds is 3. The van der Waals surface area contributed by atoms with E-state index in [9.17, 15) is 9.18 Å². The summed E-state index contributed by atoms with van der Waals surface area (Å²) in [6, 6.07) is 6.18. The van der Waals surface area contributed by atoms with Gasteiger partial charge < -0.3 is 14.4 Å². The van der Waals surface area contributed by atoms with E-state index in [2.05, 4.69) is 0 Å². The van der Waals surface area contributed by atoms with Crippen LogP contribution in [0, 0.1) is 11.2 Å². The van der Waals surface area contributed by atoms with Crippen molar-refractivity contribution in [2.45, 2.75) is 25.4 Å². The minimum Gasteiger partial charge on any atom is -0.382 e. The predicted molar refractivity (Wildman–Crippen MR) is 80.2 cm³/mol. The van der Waals surface area contributed by atoms with Crippen molar-refractivity contribution in [3.05, 3.63) is 35.6 Å². The number of ether oxygens (including phenoxy) is 2. The van der Waals surface area contributed by atoms with Crippen LogP contribution < -0.4 is 0 Å². The van der Waals surface area contributed by atoms with Crippen molar-refractivity contribution in [1.82, 2.24) is 4.90 Å². The van der Waals surface area contributed by atoms with Crippen LogP contribution in [0.1, 0.15) is 29.6 Å². The first-order chi connectivity index (χ1) is 10.6. The SMILES string of the molecule is COCC1CC2(CCN(C(=O)c3ccccc3F)CC2)CO1. The zero-order valence-corrected chi connectivity index (χ0v) is 12.9. The number of hydrogen-bond acceptors (Lipinski definition) is 3. The molecule has 0 N–H and O–H groups in total. The number of piperidine rings is 1. The molecule has 3 rings (SSSR count). The minimum absolute atomic E-state index is 0.162. The molecule has 0 bridgehead atoms. The molecule has 1 aromatic rings. The minimum atomic E-state index is -0.447. The molecule has 22 heavy (non-hydrogen) atoms. The quantitative estimate of drug-likeness (QED) is 0.861. The van der Waals surface area contributed by atoms with Crippen LogP contribution in [-0.2, 0) is 9.47 Å². The van der Waals surface area contributed by atoms with Crippen LogP contribution in [0.25, 0.3) is 0 Å². The number of carbonyl (C=O) groups excluding carboxylic acids is 1. The Kier molecular flexibility index (Phi) is 4.45. The van der Waals surface area contributed by atoms with Gasteiger partial charge in [0.15, 0.2) is 0 Å². The maximum atomic E-state index is 13.7. The monoisotopic (exact) mass is 307 g/mol. The average molecular weight is 307 g/mol. The molecule has 120 valence electrons. The Hall–Kier alpha value is -1.46. The van der Waals surface area contributed by atoms with Crippen molar-refractivity contribution >= 4 is 5.91 Å². The van der Waals surface area contributed by atoms with Crippen molar-refractivity contribution in [3.8, 4) is 0 Å².